The van der Waals surface area contributed by atoms with Crippen LogP contribution < -0.4 is 10.2 Å². The summed E-state index contributed by atoms with van der Waals surface area (Å²) in [7, 11) is 2.01. The van der Waals surface area contributed by atoms with Gasteiger partial charge >= 0.3 is 0 Å². The normalized spacial score (nSPS) is 25.2. The highest BCUT2D eigenvalue weighted by atomic mass is 15.2. The Balaban J connectivity index is 1.80. The number of fused-ring (bicyclic) bond motifs is 1. The smallest absolute Gasteiger partial charge is 0.129 e. The Bertz CT molecular complexity index is 421. The molecule has 3 rings (SSSR count). The third-order valence-electron chi connectivity index (χ3n) is 4.86. The van der Waals surface area contributed by atoms with Crippen molar-refractivity contribution < 1.29 is 0 Å². The summed E-state index contributed by atoms with van der Waals surface area (Å²) in [5.74, 6) is 3.08. The van der Waals surface area contributed by atoms with Gasteiger partial charge in [-0.15, -0.1) is 0 Å². The van der Waals surface area contributed by atoms with E-state index in [4.69, 9.17) is 4.98 Å². The Labute approximate surface area is 122 Å². The highest BCUT2D eigenvalue weighted by Gasteiger charge is 2.36. The van der Waals surface area contributed by atoms with Crippen molar-refractivity contribution in [2.24, 2.45) is 11.8 Å². The fourth-order valence-electron chi connectivity index (χ4n) is 3.91. The number of hydrogen-bond acceptors (Lipinski definition) is 3. The first-order valence-corrected chi connectivity index (χ1v) is 8.19. The van der Waals surface area contributed by atoms with E-state index in [2.05, 4.69) is 29.3 Å². The average Bonchev–Trinajstić information content (AvgIpc) is 3.00. The fraction of sp³-hybridized carbons (Fsp3) is 0.706. The summed E-state index contributed by atoms with van der Waals surface area (Å²) in [5.41, 5.74) is 2.63. The highest BCUT2D eigenvalue weighted by molar-refractivity contribution is 5.44. The molecule has 0 aromatic carbocycles. The number of anilines is 1. The second-order valence-corrected chi connectivity index (χ2v) is 6.46. The van der Waals surface area contributed by atoms with Crippen molar-refractivity contribution in [1.82, 2.24) is 10.3 Å². The lowest BCUT2D eigenvalue weighted by Crippen LogP contribution is -2.22. The number of nitrogens with one attached hydrogen (secondary N) is 1. The van der Waals surface area contributed by atoms with Gasteiger partial charge in [0.2, 0.25) is 0 Å². The molecule has 2 heterocycles. The Kier molecular flexibility index (Phi) is 4.25. The van der Waals surface area contributed by atoms with E-state index in [-0.39, 0.29) is 0 Å². The van der Waals surface area contributed by atoms with Crippen molar-refractivity contribution >= 4 is 5.82 Å². The molecule has 0 radical (unpaired) electrons. The Morgan fingerprint density at radius 3 is 2.65 bits per heavy atom. The quantitative estimate of drug-likeness (QED) is 0.894. The summed E-state index contributed by atoms with van der Waals surface area (Å²) in [6, 6.07) is 4.55. The van der Waals surface area contributed by atoms with Crippen molar-refractivity contribution in [3.63, 3.8) is 0 Å². The molecule has 3 heteroatoms. The molecule has 2 atom stereocenters. The third kappa shape index (κ3) is 2.83. The third-order valence-corrected chi connectivity index (χ3v) is 4.86. The second-order valence-electron chi connectivity index (χ2n) is 6.46. The zero-order valence-electron chi connectivity index (χ0n) is 12.9. The monoisotopic (exact) mass is 273 g/mol. The summed E-state index contributed by atoms with van der Waals surface area (Å²) >= 11 is 0. The molecule has 1 saturated heterocycles. The van der Waals surface area contributed by atoms with Gasteiger partial charge in [0.1, 0.15) is 5.82 Å². The minimum absolute atomic E-state index is 0.930. The van der Waals surface area contributed by atoms with Crippen LogP contribution in [0.25, 0.3) is 0 Å². The van der Waals surface area contributed by atoms with Gasteiger partial charge in [-0.25, -0.2) is 4.98 Å². The number of rotatable bonds is 5. The molecule has 0 spiro atoms. The van der Waals surface area contributed by atoms with Crippen LogP contribution in [0.15, 0.2) is 12.1 Å². The summed E-state index contributed by atoms with van der Waals surface area (Å²) < 4.78 is 0. The van der Waals surface area contributed by atoms with Crippen LogP contribution in [0.4, 0.5) is 5.82 Å². The highest BCUT2D eigenvalue weighted by Crippen LogP contribution is 2.39. The van der Waals surface area contributed by atoms with E-state index in [0.717, 1.165) is 24.8 Å². The minimum atomic E-state index is 0.930. The van der Waals surface area contributed by atoms with E-state index < -0.39 is 0 Å². The van der Waals surface area contributed by atoms with Crippen LogP contribution in [0.1, 0.15) is 43.9 Å². The van der Waals surface area contributed by atoms with Crippen molar-refractivity contribution in [3.05, 3.63) is 23.4 Å². The maximum Gasteiger partial charge on any atom is 0.129 e. The van der Waals surface area contributed by atoms with Crippen LogP contribution >= 0.6 is 0 Å². The van der Waals surface area contributed by atoms with Crippen LogP contribution in [-0.4, -0.2) is 25.1 Å². The summed E-state index contributed by atoms with van der Waals surface area (Å²) in [6.07, 6.45) is 6.56. The van der Waals surface area contributed by atoms with Crippen LogP contribution in [-0.2, 0) is 13.0 Å². The van der Waals surface area contributed by atoms with Crippen molar-refractivity contribution in [1.29, 1.82) is 0 Å². The van der Waals surface area contributed by atoms with Crippen LogP contribution in [0.5, 0.6) is 0 Å². The van der Waals surface area contributed by atoms with Crippen LogP contribution in [0.2, 0.25) is 0 Å². The average molecular weight is 273 g/mol. The molecule has 110 valence electrons. The van der Waals surface area contributed by atoms with Gasteiger partial charge in [0.15, 0.2) is 0 Å². The van der Waals surface area contributed by atoms with Gasteiger partial charge < -0.3 is 10.2 Å². The van der Waals surface area contributed by atoms with E-state index in [0.29, 0.717) is 0 Å². The second kappa shape index (κ2) is 6.13. The van der Waals surface area contributed by atoms with Crippen LogP contribution in [0, 0.1) is 11.8 Å². The molecule has 1 aromatic heterocycles. The number of aryl methyl sites for hydroxylation is 1. The number of aromatic nitrogens is 1. The molecule has 1 N–H and O–H groups in total. The van der Waals surface area contributed by atoms with E-state index in [1.165, 1.54) is 55.8 Å². The Hall–Kier alpha value is -1.09. The Morgan fingerprint density at radius 2 is 2.00 bits per heavy atom. The maximum absolute atomic E-state index is 4.91. The Morgan fingerprint density at radius 1 is 1.25 bits per heavy atom. The number of hydrogen-bond donors (Lipinski definition) is 1. The largest absolute Gasteiger partial charge is 0.356 e. The molecule has 1 aliphatic heterocycles. The summed E-state index contributed by atoms with van der Waals surface area (Å²) in [6.45, 7) is 5.62. The first-order chi connectivity index (χ1) is 9.80. The molecule has 1 aliphatic carbocycles. The molecule has 2 fully saturated rings. The lowest BCUT2D eigenvalue weighted by molar-refractivity contribution is 0.494. The zero-order chi connectivity index (χ0) is 13.9. The molecule has 2 aliphatic rings. The number of nitrogens with zero attached hydrogens (tertiary/aromatic N) is 2. The van der Waals surface area contributed by atoms with Crippen molar-refractivity contribution in [3.8, 4) is 0 Å². The molecule has 2 unspecified atom stereocenters. The lowest BCUT2D eigenvalue weighted by atomic mass is 10.0. The molecule has 0 bridgehead atoms. The molecule has 3 nitrogen and oxygen atoms in total. The van der Waals surface area contributed by atoms with Gasteiger partial charge in [-0.1, -0.05) is 19.8 Å². The number of pyridine rings is 1. The zero-order valence-corrected chi connectivity index (χ0v) is 12.9. The fourth-order valence-corrected chi connectivity index (χ4v) is 3.91. The predicted octanol–water partition coefficient (Wildman–Crippen LogP) is 2.99. The van der Waals surface area contributed by atoms with Gasteiger partial charge in [-0.3, -0.25) is 0 Å². The topological polar surface area (TPSA) is 28.2 Å². The van der Waals surface area contributed by atoms with Gasteiger partial charge in [0, 0.05) is 25.3 Å². The van der Waals surface area contributed by atoms with E-state index in [9.17, 15) is 0 Å². The molecular weight excluding hydrogens is 246 g/mol. The molecule has 20 heavy (non-hydrogen) atoms. The summed E-state index contributed by atoms with van der Waals surface area (Å²) in [4.78, 5) is 7.45. The van der Waals surface area contributed by atoms with E-state index in [1.54, 1.807) is 0 Å². The van der Waals surface area contributed by atoms with Crippen molar-refractivity contribution in [2.75, 3.05) is 25.0 Å². The van der Waals surface area contributed by atoms with Gasteiger partial charge in [-0.2, -0.15) is 0 Å². The molecule has 1 aromatic rings. The molecular formula is C17H27N3. The SMILES string of the molecule is CCCc1cc(CNC)cc(N2CC3CCCC3C2)n1. The summed E-state index contributed by atoms with van der Waals surface area (Å²) in [5, 5.41) is 3.26. The standard InChI is InChI=1S/C17H27N3/c1-3-5-16-8-13(10-18-2)9-17(19-16)20-11-14-6-4-7-15(14)12-20/h8-9,14-15,18H,3-7,10-12H2,1-2H3. The predicted molar refractivity (Wildman–Crippen MR) is 84.0 cm³/mol. The maximum atomic E-state index is 4.91. The van der Waals surface area contributed by atoms with Crippen molar-refractivity contribution in [2.45, 2.75) is 45.6 Å². The van der Waals surface area contributed by atoms with Gasteiger partial charge in [-0.05, 0) is 55.8 Å². The van der Waals surface area contributed by atoms with E-state index in [1.807, 2.05) is 7.05 Å². The molecule has 1 saturated carbocycles. The van der Waals surface area contributed by atoms with Gasteiger partial charge in [0.05, 0.1) is 0 Å². The van der Waals surface area contributed by atoms with Gasteiger partial charge in [0.25, 0.3) is 0 Å². The van der Waals surface area contributed by atoms with E-state index >= 15 is 0 Å². The lowest BCUT2D eigenvalue weighted by Gasteiger charge is -2.20. The minimum Gasteiger partial charge on any atom is -0.356 e. The first kappa shape index (κ1) is 13.9. The molecule has 0 amide bonds. The first-order valence-electron chi connectivity index (χ1n) is 8.19. The van der Waals surface area contributed by atoms with Crippen LogP contribution in [0.3, 0.4) is 0 Å².